The third-order valence-corrected chi connectivity index (χ3v) is 4.28. The van der Waals surface area contributed by atoms with Gasteiger partial charge in [-0.2, -0.15) is 0 Å². The van der Waals surface area contributed by atoms with Gasteiger partial charge in [-0.3, -0.25) is 4.79 Å². The summed E-state index contributed by atoms with van der Waals surface area (Å²) in [6.07, 6.45) is 4.89. The fraction of sp³-hybridized carbons (Fsp3) is 0.588. The number of hydrogen-bond acceptors (Lipinski definition) is 3. The summed E-state index contributed by atoms with van der Waals surface area (Å²) in [4.78, 5) is 12.7. The highest BCUT2D eigenvalue weighted by atomic mass is 79.9. The number of benzene rings is 1. The summed E-state index contributed by atoms with van der Waals surface area (Å²) in [6.45, 7) is 3.13. The Morgan fingerprint density at radius 2 is 1.91 bits per heavy atom. The van der Waals surface area contributed by atoms with E-state index in [9.17, 15) is 4.79 Å². The number of hydrogen-bond donors (Lipinski definition) is 1. The van der Waals surface area contributed by atoms with Crippen LogP contribution >= 0.6 is 15.9 Å². The Morgan fingerprint density at radius 3 is 2.50 bits per heavy atom. The second kappa shape index (κ2) is 8.53. The van der Waals surface area contributed by atoms with Crippen molar-refractivity contribution in [3.05, 3.63) is 24.3 Å². The second-order valence-corrected chi connectivity index (χ2v) is 6.30. The lowest BCUT2D eigenvalue weighted by Gasteiger charge is -2.35. The van der Waals surface area contributed by atoms with E-state index in [2.05, 4.69) is 21.2 Å². The van der Waals surface area contributed by atoms with Crippen LogP contribution in [0.1, 0.15) is 39.0 Å². The quantitative estimate of drug-likeness (QED) is 0.734. The van der Waals surface area contributed by atoms with Crippen molar-refractivity contribution in [3.8, 4) is 5.75 Å². The fourth-order valence-electron chi connectivity index (χ4n) is 2.87. The highest BCUT2D eigenvalue weighted by Crippen LogP contribution is 2.33. The third-order valence-electron chi connectivity index (χ3n) is 3.95. The van der Waals surface area contributed by atoms with E-state index in [1.54, 1.807) is 0 Å². The lowest BCUT2D eigenvalue weighted by Crippen LogP contribution is -2.47. The van der Waals surface area contributed by atoms with Gasteiger partial charge in [0, 0.05) is 17.6 Å². The van der Waals surface area contributed by atoms with Gasteiger partial charge in [0.1, 0.15) is 11.4 Å². The zero-order valence-electron chi connectivity index (χ0n) is 13.1. The molecule has 0 atom stereocenters. The van der Waals surface area contributed by atoms with Crippen LogP contribution in [0, 0.1) is 0 Å². The van der Waals surface area contributed by atoms with E-state index in [0.29, 0.717) is 13.2 Å². The summed E-state index contributed by atoms with van der Waals surface area (Å²) in [6, 6.07) is 7.47. The Labute approximate surface area is 140 Å². The number of halogens is 1. The molecular formula is C17H24BrNO3. The van der Waals surface area contributed by atoms with Crippen molar-refractivity contribution in [1.82, 2.24) is 0 Å². The molecular weight excluding hydrogens is 346 g/mol. The van der Waals surface area contributed by atoms with E-state index in [-0.39, 0.29) is 5.91 Å². The summed E-state index contributed by atoms with van der Waals surface area (Å²) in [7, 11) is 0. The smallest absolute Gasteiger partial charge is 0.256 e. The van der Waals surface area contributed by atoms with Gasteiger partial charge in [0.05, 0.1) is 6.61 Å². The lowest BCUT2D eigenvalue weighted by atomic mass is 9.83. The normalized spacial score (nSPS) is 17.0. The monoisotopic (exact) mass is 369 g/mol. The first-order valence-electron chi connectivity index (χ1n) is 7.94. The van der Waals surface area contributed by atoms with E-state index < -0.39 is 5.60 Å². The minimum Gasteiger partial charge on any atom is -0.493 e. The third kappa shape index (κ3) is 4.46. The topological polar surface area (TPSA) is 47.6 Å². The molecule has 22 heavy (non-hydrogen) atoms. The molecule has 0 saturated heterocycles. The number of anilines is 1. The molecule has 1 aliphatic rings. The van der Waals surface area contributed by atoms with E-state index in [4.69, 9.17) is 9.47 Å². The van der Waals surface area contributed by atoms with Crippen LogP contribution in [-0.4, -0.2) is 30.1 Å². The Kier molecular flexibility index (Phi) is 6.70. The molecule has 2 rings (SSSR count). The number of amides is 1. The highest BCUT2D eigenvalue weighted by Gasteiger charge is 2.40. The minimum absolute atomic E-state index is 0.0248. The van der Waals surface area contributed by atoms with Crippen molar-refractivity contribution in [2.45, 2.75) is 44.6 Å². The molecule has 0 bridgehead atoms. The van der Waals surface area contributed by atoms with Crippen molar-refractivity contribution >= 4 is 27.5 Å². The zero-order valence-corrected chi connectivity index (χ0v) is 14.7. The summed E-state index contributed by atoms with van der Waals surface area (Å²) < 4.78 is 11.3. The molecule has 0 aromatic heterocycles. The average molecular weight is 370 g/mol. The van der Waals surface area contributed by atoms with E-state index >= 15 is 0 Å². The SMILES string of the molecule is CCOC1(C(=O)Nc2ccc(OCCBr)cc2)CCCCC1. The predicted octanol–water partition coefficient (Wildman–Crippen LogP) is 4.14. The van der Waals surface area contributed by atoms with Gasteiger partial charge in [-0.15, -0.1) is 0 Å². The molecule has 0 spiro atoms. The molecule has 1 N–H and O–H groups in total. The molecule has 0 heterocycles. The van der Waals surface area contributed by atoms with Crippen LogP contribution in [0.15, 0.2) is 24.3 Å². The van der Waals surface area contributed by atoms with Gasteiger partial charge in [0.2, 0.25) is 0 Å². The molecule has 1 aromatic carbocycles. The summed E-state index contributed by atoms with van der Waals surface area (Å²) in [5.41, 5.74) is 0.124. The molecule has 4 nitrogen and oxygen atoms in total. The summed E-state index contributed by atoms with van der Waals surface area (Å²) in [5, 5.41) is 3.79. The summed E-state index contributed by atoms with van der Waals surface area (Å²) in [5.74, 6) is 0.776. The number of carbonyl (C=O) groups excluding carboxylic acids is 1. The van der Waals surface area contributed by atoms with Gasteiger partial charge >= 0.3 is 0 Å². The van der Waals surface area contributed by atoms with Gasteiger partial charge in [0.25, 0.3) is 5.91 Å². The average Bonchev–Trinajstić information content (AvgIpc) is 2.55. The number of nitrogens with one attached hydrogen (secondary N) is 1. The molecule has 122 valence electrons. The maximum atomic E-state index is 12.7. The van der Waals surface area contributed by atoms with Crippen molar-refractivity contribution in [2.24, 2.45) is 0 Å². The standard InChI is InChI=1S/C17H24BrNO3/c1-2-22-17(10-4-3-5-11-17)16(20)19-14-6-8-15(9-7-14)21-13-12-18/h6-9H,2-5,10-13H2,1H3,(H,19,20). The summed E-state index contributed by atoms with van der Waals surface area (Å²) >= 11 is 3.32. The van der Waals surface area contributed by atoms with Crippen LogP contribution in [-0.2, 0) is 9.53 Å². The van der Waals surface area contributed by atoms with Gasteiger partial charge in [-0.25, -0.2) is 0 Å². The van der Waals surface area contributed by atoms with Crippen LogP contribution in [0.5, 0.6) is 5.75 Å². The van der Waals surface area contributed by atoms with E-state index in [0.717, 1.165) is 42.5 Å². The van der Waals surface area contributed by atoms with Crippen LogP contribution in [0.4, 0.5) is 5.69 Å². The molecule has 0 radical (unpaired) electrons. The van der Waals surface area contributed by atoms with Crippen LogP contribution in [0.2, 0.25) is 0 Å². The van der Waals surface area contributed by atoms with Gasteiger partial charge < -0.3 is 14.8 Å². The number of ether oxygens (including phenoxy) is 2. The molecule has 1 amide bonds. The molecule has 1 aliphatic carbocycles. The highest BCUT2D eigenvalue weighted by molar-refractivity contribution is 9.09. The first kappa shape index (κ1) is 17.3. The Hall–Kier alpha value is -1.07. The second-order valence-electron chi connectivity index (χ2n) is 5.50. The van der Waals surface area contributed by atoms with Crippen LogP contribution < -0.4 is 10.1 Å². The maximum absolute atomic E-state index is 12.7. The molecule has 0 unspecified atom stereocenters. The molecule has 5 heteroatoms. The number of rotatable bonds is 7. The molecule has 1 saturated carbocycles. The first-order valence-corrected chi connectivity index (χ1v) is 9.06. The van der Waals surface area contributed by atoms with Gasteiger partial charge in [-0.1, -0.05) is 35.2 Å². The van der Waals surface area contributed by atoms with Crippen molar-refractivity contribution in [2.75, 3.05) is 23.9 Å². The van der Waals surface area contributed by atoms with E-state index in [1.807, 2.05) is 31.2 Å². The molecule has 0 aliphatic heterocycles. The van der Waals surface area contributed by atoms with Gasteiger partial charge in [0.15, 0.2) is 0 Å². The zero-order chi connectivity index (χ0) is 15.8. The lowest BCUT2D eigenvalue weighted by molar-refractivity contribution is -0.145. The number of carbonyl (C=O) groups is 1. The van der Waals surface area contributed by atoms with Crippen molar-refractivity contribution < 1.29 is 14.3 Å². The number of alkyl halides is 1. The van der Waals surface area contributed by atoms with E-state index in [1.165, 1.54) is 6.42 Å². The van der Waals surface area contributed by atoms with Crippen molar-refractivity contribution in [1.29, 1.82) is 0 Å². The fourth-order valence-corrected chi connectivity index (χ4v) is 3.03. The maximum Gasteiger partial charge on any atom is 0.256 e. The largest absolute Gasteiger partial charge is 0.493 e. The minimum atomic E-state index is -0.655. The Bertz CT molecular complexity index is 464. The van der Waals surface area contributed by atoms with Crippen LogP contribution in [0.25, 0.3) is 0 Å². The van der Waals surface area contributed by atoms with Crippen LogP contribution in [0.3, 0.4) is 0 Å². The van der Waals surface area contributed by atoms with Crippen molar-refractivity contribution in [3.63, 3.8) is 0 Å². The molecule has 1 aromatic rings. The Morgan fingerprint density at radius 1 is 1.23 bits per heavy atom. The predicted molar refractivity (Wildman–Crippen MR) is 91.8 cm³/mol. The first-order chi connectivity index (χ1) is 10.7. The molecule has 1 fully saturated rings. The Balaban J connectivity index is 2.00. The van der Waals surface area contributed by atoms with Gasteiger partial charge in [-0.05, 0) is 44.0 Å².